The van der Waals surface area contributed by atoms with E-state index < -0.39 is 23.7 Å². The first kappa shape index (κ1) is 11.7. The molecule has 0 radical (unpaired) electrons. The maximum absolute atomic E-state index is 10.9. The summed E-state index contributed by atoms with van der Waals surface area (Å²) in [6, 6.07) is -1.05. The molecule has 0 aliphatic carbocycles. The van der Waals surface area contributed by atoms with Crippen molar-refractivity contribution in [2.75, 3.05) is 0 Å². The molecule has 0 aromatic heterocycles. The molecule has 1 N–H and O–H groups in total. The molecule has 0 spiro atoms. The van der Waals surface area contributed by atoms with Crippen LogP contribution in [0.5, 0.6) is 0 Å². The Balaban J connectivity index is 3.96. The van der Waals surface area contributed by atoms with Crippen LogP contribution in [0.2, 0.25) is 0 Å². The van der Waals surface area contributed by atoms with Crippen molar-refractivity contribution in [3.05, 3.63) is 0 Å². The molecule has 0 heterocycles. The number of alkyl carbamates (subject to hydrolysis) is 1. The minimum atomic E-state index is -1.34. The second-order valence-corrected chi connectivity index (χ2v) is 3.69. The molecule has 0 aromatic rings. The van der Waals surface area contributed by atoms with E-state index in [0.717, 1.165) is 0 Å². The van der Waals surface area contributed by atoms with Crippen LogP contribution in [-0.4, -0.2) is 23.7 Å². The summed E-state index contributed by atoms with van der Waals surface area (Å²) < 4.78 is 4.82. The molecule has 5 nitrogen and oxygen atoms in total. The third-order valence-corrected chi connectivity index (χ3v) is 1.09. The number of rotatable bonds is 2. The molecule has 13 heavy (non-hydrogen) atoms. The van der Waals surface area contributed by atoms with Gasteiger partial charge in [0, 0.05) is 0 Å². The normalized spacial score (nSPS) is 13.2. The van der Waals surface area contributed by atoms with Crippen LogP contribution in [0.1, 0.15) is 27.7 Å². The molecule has 1 amide bonds. The van der Waals surface area contributed by atoms with Gasteiger partial charge in [-0.05, 0) is 27.7 Å². The van der Waals surface area contributed by atoms with Crippen LogP contribution >= 0.6 is 0 Å². The Morgan fingerprint density at radius 2 is 1.85 bits per heavy atom. The van der Waals surface area contributed by atoms with E-state index in [0.29, 0.717) is 0 Å². The zero-order valence-electron chi connectivity index (χ0n) is 8.21. The quantitative estimate of drug-likeness (QED) is 0.642. The number of carboxylic acids is 1. The molecular weight excluding hydrogens is 174 g/mol. The first-order valence-electron chi connectivity index (χ1n) is 3.93. The monoisotopic (exact) mass is 188 g/mol. The van der Waals surface area contributed by atoms with Crippen LogP contribution in [0.15, 0.2) is 0 Å². The van der Waals surface area contributed by atoms with Crippen LogP contribution in [0.25, 0.3) is 0 Å². The molecule has 0 aliphatic rings. The number of hydrogen-bond acceptors (Lipinski definition) is 4. The fraction of sp³-hybridized carbons (Fsp3) is 0.750. The highest BCUT2D eigenvalue weighted by atomic mass is 16.6. The Morgan fingerprint density at radius 1 is 1.38 bits per heavy atom. The molecular formula is C8H14NO4-. The molecule has 0 rings (SSSR count). The second kappa shape index (κ2) is 4.11. The van der Waals surface area contributed by atoms with E-state index >= 15 is 0 Å². The predicted molar refractivity (Wildman–Crippen MR) is 43.8 cm³/mol. The smallest absolute Gasteiger partial charge is 0.408 e. The number of aliphatic carboxylic acids is 1. The topological polar surface area (TPSA) is 78.5 Å². The van der Waals surface area contributed by atoms with Crippen molar-refractivity contribution < 1.29 is 19.4 Å². The van der Waals surface area contributed by atoms with E-state index in [1.54, 1.807) is 20.8 Å². The van der Waals surface area contributed by atoms with E-state index in [2.05, 4.69) is 5.32 Å². The van der Waals surface area contributed by atoms with E-state index in [9.17, 15) is 14.7 Å². The number of nitrogens with one attached hydrogen (secondary N) is 1. The fourth-order valence-electron chi connectivity index (χ4n) is 0.543. The van der Waals surface area contributed by atoms with Gasteiger partial charge >= 0.3 is 6.09 Å². The average molecular weight is 188 g/mol. The van der Waals surface area contributed by atoms with Crippen molar-refractivity contribution in [2.24, 2.45) is 0 Å². The van der Waals surface area contributed by atoms with Gasteiger partial charge < -0.3 is 20.0 Å². The van der Waals surface area contributed by atoms with E-state index in [-0.39, 0.29) is 0 Å². The number of amides is 1. The summed E-state index contributed by atoms with van der Waals surface area (Å²) in [5.41, 5.74) is -0.629. The van der Waals surface area contributed by atoms with Crippen LogP contribution < -0.4 is 10.4 Å². The van der Waals surface area contributed by atoms with E-state index in [4.69, 9.17) is 4.74 Å². The number of carbonyl (C=O) groups excluding carboxylic acids is 2. The fourth-order valence-corrected chi connectivity index (χ4v) is 0.543. The third-order valence-electron chi connectivity index (χ3n) is 1.09. The molecule has 0 aliphatic heterocycles. The summed E-state index contributed by atoms with van der Waals surface area (Å²) in [6.45, 7) is 6.38. The van der Waals surface area contributed by atoms with Gasteiger partial charge in [-0.3, -0.25) is 0 Å². The van der Waals surface area contributed by atoms with Crippen molar-refractivity contribution in [3.8, 4) is 0 Å². The zero-order chi connectivity index (χ0) is 10.6. The van der Waals surface area contributed by atoms with Crippen molar-refractivity contribution in [2.45, 2.75) is 39.3 Å². The Labute approximate surface area is 77.1 Å². The summed E-state index contributed by atoms with van der Waals surface area (Å²) in [4.78, 5) is 21.2. The third kappa shape index (κ3) is 5.95. The Hall–Kier alpha value is -1.26. The van der Waals surface area contributed by atoms with Crippen LogP contribution in [0, 0.1) is 0 Å². The first-order valence-corrected chi connectivity index (χ1v) is 3.93. The van der Waals surface area contributed by atoms with Crippen molar-refractivity contribution in [1.82, 2.24) is 5.32 Å². The summed E-state index contributed by atoms with van der Waals surface area (Å²) in [7, 11) is 0. The van der Waals surface area contributed by atoms with Crippen molar-refractivity contribution >= 4 is 12.1 Å². The van der Waals surface area contributed by atoms with Gasteiger partial charge in [-0.2, -0.15) is 0 Å². The molecule has 0 bridgehead atoms. The minimum absolute atomic E-state index is 0.629. The van der Waals surface area contributed by atoms with E-state index in [1.165, 1.54) is 6.92 Å². The van der Waals surface area contributed by atoms with E-state index in [1.807, 2.05) is 0 Å². The number of carbonyl (C=O) groups is 2. The average Bonchev–Trinajstić information content (AvgIpc) is 1.81. The lowest BCUT2D eigenvalue weighted by atomic mass is 10.2. The van der Waals surface area contributed by atoms with Gasteiger partial charge in [0.1, 0.15) is 5.60 Å². The Morgan fingerprint density at radius 3 is 2.15 bits per heavy atom. The number of hydrogen-bond donors (Lipinski definition) is 1. The standard InChI is InChI=1S/C8H15NO4/c1-5(6(10)11)9-7(12)13-8(2,3)4/h5H,1-4H3,(H,9,12)(H,10,11)/p-1/t5-/m0/s1. The number of ether oxygens (including phenoxy) is 1. The lowest BCUT2D eigenvalue weighted by molar-refractivity contribution is -0.307. The summed E-state index contributed by atoms with van der Waals surface area (Å²) >= 11 is 0. The highest BCUT2D eigenvalue weighted by molar-refractivity contribution is 5.78. The van der Waals surface area contributed by atoms with Crippen molar-refractivity contribution in [1.29, 1.82) is 0 Å². The molecule has 0 saturated heterocycles. The number of carboxylic acid groups (broad SMARTS) is 1. The highest BCUT2D eigenvalue weighted by Crippen LogP contribution is 2.06. The van der Waals surface area contributed by atoms with Gasteiger partial charge in [0.25, 0.3) is 0 Å². The summed E-state index contributed by atoms with van der Waals surface area (Å²) in [5, 5.41) is 12.3. The SMILES string of the molecule is C[C@H](NC(=O)OC(C)(C)C)C(=O)[O-]. The Kier molecular flexibility index (Phi) is 3.71. The summed E-state index contributed by atoms with van der Waals surface area (Å²) in [5.74, 6) is -1.34. The van der Waals surface area contributed by atoms with Gasteiger partial charge in [-0.15, -0.1) is 0 Å². The van der Waals surface area contributed by atoms with Gasteiger partial charge in [-0.1, -0.05) is 0 Å². The highest BCUT2D eigenvalue weighted by Gasteiger charge is 2.17. The largest absolute Gasteiger partial charge is 0.548 e. The first-order chi connectivity index (χ1) is 5.72. The van der Waals surface area contributed by atoms with Crippen LogP contribution in [0.4, 0.5) is 4.79 Å². The maximum Gasteiger partial charge on any atom is 0.408 e. The zero-order valence-corrected chi connectivity index (χ0v) is 8.21. The van der Waals surface area contributed by atoms with Gasteiger partial charge in [0.15, 0.2) is 0 Å². The molecule has 0 fully saturated rings. The van der Waals surface area contributed by atoms with Gasteiger partial charge in [0.05, 0.1) is 12.0 Å². The van der Waals surface area contributed by atoms with Crippen LogP contribution in [0.3, 0.4) is 0 Å². The van der Waals surface area contributed by atoms with Gasteiger partial charge in [0.2, 0.25) is 0 Å². The molecule has 0 saturated carbocycles. The van der Waals surface area contributed by atoms with Crippen molar-refractivity contribution in [3.63, 3.8) is 0 Å². The van der Waals surface area contributed by atoms with Crippen LogP contribution in [-0.2, 0) is 9.53 Å². The molecule has 1 atom stereocenters. The molecule has 0 unspecified atom stereocenters. The van der Waals surface area contributed by atoms with Gasteiger partial charge in [-0.25, -0.2) is 4.79 Å². The maximum atomic E-state index is 10.9. The molecule has 5 heteroatoms. The minimum Gasteiger partial charge on any atom is -0.548 e. The lowest BCUT2D eigenvalue weighted by Gasteiger charge is -2.22. The summed E-state index contributed by atoms with van der Waals surface area (Å²) in [6.07, 6.45) is -0.760. The molecule has 76 valence electrons. The second-order valence-electron chi connectivity index (χ2n) is 3.69. The molecule has 0 aromatic carbocycles. The lowest BCUT2D eigenvalue weighted by Crippen LogP contribution is -2.47. The predicted octanol–water partition coefficient (Wildman–Crippen LogP) is -0.351. The Bertz CT molecular complexity index is 207.